The molecule has 1 rings (SSSR count). The Morgan fingerprint density at radius 2 is 2.30 bits per heavy atom. The van der Waals surface area contributed by atoms with Gasteiger partial charge in [0, 0.05) is 13.2 Å². The van der Waals surface area contributed by atoms with Crippen molar-refractivity contribution in [3.8, 4) is 12.3 Å². The average molecular weight is 192 g/mol. The Kier molecular flexibility index (Phi) is 2.64. The molecule has 0 saturated carbocycles. The zero-order valence-electron chi connectivity index (χ0n) is 5.41. The van der Waals surface area contributed by atoms with Gasteiger partial charge in [-0.1, -0.05) is 5.92 Å². The van der Waals surface area contributed by atoms with E-state index in [4.69, 9.17) is 33.0 Å². The lowest BCUT2D eigenvalue weighted by molar-refractivity contribution is 0.272. The molecule has 0 bridgehead atoms. The normalized spacial score (nSPS) is 30.9. The molecule has 0 aromatic carbocycles. The van der Waals surface area contributed by atoms with E-state index in [1.165, 1.54) is 0 Å². The molecule has 1 saturated heterocycles. The van der Waals surface area contributed by atoms with Gasteiger partial charge >= 0.3 is 0 Å². The van der Waals surface area contributed by atoms with E-state index in [-0.39, 0.29) is 6.10 Å². The lowest BCUT2D eigenvalue weighted by Gasteiger charge is -2.21. The Hall–Kier alpha value is 0.310. The Labute approximate surface area is 71.2 Å². The van der Waals surface area contributed by atoms with Crippen molar-refractivity contribution >= 4 is 29.8 Å². The lowest BCUT2D eigenvalue weighted by Crippen LogP contribution is -2.23. The molecule has 0 N–H and O–H groups in total. The summed E-state index contributed by atoms with van der Waals surface area (Å²) in [6.07, 6.45) is 7.00. The first-order valence-electron chi connectivity index (χ1n) is 3.01. The largest absolute Gasteiger partial charge is 0.294 e. The molecular formula is C6H8OS3. The molecule has 0 aromatic rings. The molecular weight excluding hydrogens is 184 g/mol. The second-order valence-corrected chi connectivity index (χ2v) is 7.74. The first-order valence-corrected chi connectivity index (χ1v) is 6.59. The second-order valence-electron chi connectivity index (χ2n) is 2.16. The highest BCUT2D eigenvalue weighted by Crippen LogP contribution is 2.15. The molecule has 1 atom stereocenters. The maximum Gasteiger partial charge on any atom is 0.133 e. The minimum Gasteiger partial charge on any atom is -0.294 e. The van der Waals surface area contributed by atoms with Crippen molar-refractivity contribution < 1.29 is 4.18 Å². The highest BCUT2D eigenvalue weighted by atomic mass is 33.1. The topological polar surface area (TPSA) is 9.23 Å². The monoisotopic (exact) mass is 192 g/mol. The first kappa shape index (κ1) is 8.41. The molecule has 56 valence electrons. The van der Waals surface area contributed by atoms with Crippen LogP contribution in [0.15, 0.2) is 0 Å². The van der Waals surface area contributed by atoms with Crippen LogP contribution in [-0.2, 0) is 34.0 Å². The molecule has 0 aliphatic carbocycles. The molecule has 1 nitrogen and oxygen atoms in total. The molecule has 4 heteroatoms. The summed E-state index contributed by atoms with van der Waals surface area (Å²) in [6, 6.07) is 0. The van der Waals surface area contributed by atoms with E-state index in [0.29, 0.717) is 0 Å². The van der Waals surface area contributed by atoms with Gasteiger partial charge in [-0.25, -0.2) is 0 Å². The Balaban J connectivity index is 2.67. The number of hydrogen-bond acceptors (Lipinski definition) is 3. The molecule has 1 aliphatic rings. The van der Waals surface area contributed by atoms with Gasteiger partial charge in [0.25, 0.3) is 0 Å². The zero-order chi connectivity index (χ0) is 7.61. The summed E-state index contributed by atoms with van der Waals surface area (Å²) in [7, 11) is -1.62. The molecule has 1 unspecified atom stereocenters. The maximum absolute atomic E-state index is 5.30. The van der Waals surface area contributed by atoms with Gasteiger partial charge in [0.1, 0.15) is 6.10 Å². The van der Waals surface area contributed by atoms with Crippen LogP contribution < -0.4 is 0 Å². The summed E-state index contributed by atoms with van der Waals surface area (Å²) in [6.45, 7) is 0. The molecule has 10 heavy (non-hydrogen) atoms. The van der Waals surface area contributed by atoms with Crippen molar-refractivity contribution in [3.63, 3.8) is 0 Å². The lowest BCUT2D eigenvalue weighted by atomic mass is 10.2. The SMILES string of the molecule is C#CC1CCCS(=S)(=S)O1. The molecule has 0 spiro atoms. The van der Waals surface area contributed by atoms with E-state index in [9.17, 15) is 0 Å². The number of rotatable bonds is 0. The summed E-state index contributed by atoms with van der Waals surface area (Å²) in [4.78, 5) is 0. The van der Waals surface area contributed by atoms with Crippen LogP contribution in [0, 0.1) is 12.3 Å². The molecule has 1 aliphatic heterocycles. The molecule has 0 radical (unpaired) electrons. The van der Waals surface area contributed by atoms with E-state index in [0.717, 1.165) is 18.6 Å². The maximum atomic E-state index is 5.30. The standard InChI is InChI=1S/C6H8OS3/c1-2-6-4-3-5-10(8,9)7-6/h1,6H,3-5H2. The van der Waals surface area contributed by atoms with Crippen molar-refractivity contribution in [3.05, 3.63) is 0 Å². The fourth-order valence-corrected chi connectivity index (χ4v) is 3.23. The van der Waals surface area contributed by atoms with E-state index in [1.807, 2.05) is 0 Å². The quantitative estimate of drug-likeness (QED) is 0.525. The Bertz CT molecular complexity index is 247. The number of terminal acetylenes is 1. The Morgan fingerprint density at radius 3 is 2.70 bits per heavy atom. The van der Waals surface area contributed by atoms with Crippen LogP contribution in [0.25, 0.3) is 0 Å². The third kappa shape index (κ3) is 2.17. The summed E-state index contributed by atoms with van der Waals surface area (Å²) in [5, 5.41) is 0. The fourth-order valence-electron chi connectivity index (χ4n) is 0.830. The van der Waals surface area contributed by atoms with Gasteiger partial charge in [0.05, 0.1) is 0 Å². The van der Waals surface area contributed by atoms with Crippen LogP contribution in [0.1, 0.15) is 12.8 Å². The third-order valence-corrected chi connectivity index (χ3v) is 4.09. The molecule has 0 amide bonds. The van der Waals surface area contributed by atoms with Gasteiger partial charge in [-0.2, -0.15) is 0 Å². The average Bonchev–Trinajstić information content (AvgIpc) is 1.86. The van der Waals surface area contributed by atoms with Crippen molar-refractivity contribution in [1.82, 2.24) is 0 Å². The Morgan fingerprint density at radius 1 is 1.60 bits per heavy atom. The smallest absolute Gasteiger partial charge is 0.133 e. The van der Waals surface area contributed by atoms with Crippen LogP contribution >= 0.6 is 0 Å². The van der Waals surface area contributed by atoms with Crippen LogP contribution in [0.4, 0.5) is 0 Å². The highest BCUT2D eigenvalue weighted by Gasteiger charge is 2.17. The van der Waals surface area contributed by atoms with Crippen molar-refractivity contribution in [2.24, 2.45) is 0 Å². The van der Waals surface area contributed by atoms with Crippen molar-refractivity contribution in [2.45, 2.75) is 18.9 Å². The summed E-state index contributed by atoms with van der Waals surface area (Å²) in [5.74, 6) is 3.37. The van der Waals surface area contributed by atoms with E-state index >= 15 is 0 Å². The van der Waals surface area contributed by atoms with E-state index < -0.39 is 7.43 Å². The highest BCUT2D eigenvalue weighted by molar-refractivity contribution is 8.54. The third-order valence-electron chi connectivity index (χ3n) is 1.31. The van der Waals surface area contributed by atoms with Gasteiger partial charge in [-0.15, -0.1) is 6.42 Å². The first-order chi connectivity index (χ1) is 4.64. The molecule has 1 fully saturated rings. The molecule has 0 aromatic heterocycles. The minimum atomic E-state index is -1.62. The van der Waals surface area contributed by atoms with Gasteiger partial charge in [0.15, 0.2) is 0 Å². The summed E-state index contributed by atoms with van der Waals surface area (Å²) in [5.41, 5.74) is 0. The van der Waals surface area contributed by atoms with Gasteiger partial charge < -0.3 is 0 Å². The summed E-state index contributed by atoms with van der Waals surface area (Å²) < 4.78 is 5.30. The van der Waals surface area contributed by atoms with Crippen LogP contribution in [0.2, 0.25) is 0 Å². The van der Waals surface area contributed by atoms with Crippen LogP contribution in [-0.4, -0.2) is 11.9 Å². The minimum absolute atomic E-state index is 0.112. The van der Waals surface area contributed by atoms with E-state index in [2.05, 4.69) is 5.92 Å². The second kappa shape index (κ2) is 3.14. The van der Waals surface area contributed by atoms with Crippen molar-refractivity contribution in [2.75, 3.05) is 5.75 Å². The molecule has 1 heterocycles. The summed E-state index contributed by atoms with van der Waals surface area (Å²) >= 11 is 10.0. The van der Waals surface area contributed by atoms with Crippen LogP contribution in [0.3, 0.4) is 0 Å². The van der Waals surface area contributed by atoms with Gasteiger partial charge in [-0.05, 0) is 35.2 Å². The zero-order valence-corrected chi connectivity index (χ0v) is 7.86. The van der Waals surface area contributed by atoms with Gasteiger partial charge in [-0.3, -0.25) is 4.18 Å². The van der Waals surface area contributed by atoms with Gasteiger partial charge in [0.2, 0.25) is 0 Å². The predicted molar refractivity (Wildman–Crippen MR) is 49.9 cm³/mol. The predicted octanol–water partition coefficient (Wildman–Crippen LogP) is 0.791. The van der Waals surface area contributed by atoms with Crippen molar-refractivity contribution in [1.29, 1.82) is 0 Å². The fraction of sp³-hybridized carbons (Fsp3) is 0.667. The number of hydrogen-bond donors (Lipinski definition) is 0. The van der Waals surface area contributed by atoms with Crippen LogP contribution in [0.5, 0.6) is 0 Å². The van der Waals surface area contributed by atoms with E-state index in [1.54, 1.807) is 0 Å².